The van der Waals surface area contributed by atoms with Crippen LogP contribution < -0.4 is 0 Å². The van der Waals surface area contributed by atoms with Gasteiger partial charge in [-0.3, -0.25) is 9.59 Å². The Balaban J connectivity index is 1.93. The van der Waals surface area contributed by atoms with Crippen molar-refractivity contribution in [1.29, 1.82) is 0 Å². The van der Waals surface area contributed by atoms with Gasteiger partial charge in [-0.05, 0) is 30.6 Å². The number of likely N-dealkylation sites (tertiary alicyclic amines) is 1. The molecular formula is C14H23NO3. The Bertz CT molecular complexity index is 351. The quantitative estimate of drug-likeness (QED) is 0.836. The normalized spacial score (nSPS) is 27.3. The van der Waals surface area contributed by atoms with Crippen LogP contribution in [0.1, 0.15) is 52.4 Å². The molecule has 2 atom stereocenters. The van der Waals surface area contributed by atoms with Crippen molar-refractivity contribution in [3.8, 4) is 0 Å². The number of fused-ring (bicyclic) bond motifs is 1. The average Bonchev–Trinajstić information content (AvgIpc) is 2.72. The molecule has 4 heteroatoms. The number of carbonyl (C=O) groups excluding carboxylic acids is 1. The molecule has 0 radical (unpaired) electrons. The molecule has 1 saturated carbocycles. The molecule has 1 amide bonds. The summed E-state index contributed by atoms with van der Waals surface area (Å²) in [6.07, 6.45) is 5.17. The molecule has 0 bridgehead atoms. The third-order valence-electron chi connectivity index (χ3n) is 4.34. The van der Waals surface area contributed by atoms with Crippen molar-refractivity contribution in [2.75, 3.05) is 6.54 Å². The zero-order valence-electron chi connectivity index (χ0n) is 11.3. The van der Waals surface area contributed by atoms with Crippen molar-refractivity contribution >= 4 is 11.9 Å². The summed E-state index contributed by atoms with van der Waals surface area (Å²) in [5.74, 6) is 0.0279. The van der Waals surface area contributed by atoms with E-state index in [-0.39, 0.29) is 12.3 Å². The Labute approximate surface area is 108 Å². The molecule has 2 aliphatic rings. The topological polar surface area (TPSA) is 57.6 Å². The van der Waals surface area contributed by atoms with E-state index in [1.807, 2.05) is 18.7 Å². The first-order chi connectivity index (χ1) is 8.39. The first-order valence-corrected chi connectivity index (χ1v) is 6.90. The zero-order valence-corrected chi connectivity index (χ0v) is 11.3. The van der Waals surface area contributed by atoms with Crippen LogP contribution in [0.25, 0.3) is 0 Å². The van der Waals surface area contributed by atoms with E-state index >= 15 is 0 Å². The Morgan fingerprint density at radius 1 is 1.22 bits per heavy atom. The van der Waals surface area contributed by atoms with Crippen molar-refractivity contribution in [1.82, 2.24) is 4.90 Å². The number of hydrogen-bond donors (Lipinski definition) is 1. The molecule has 1 saturated heterocycles. The lowest BCUT2D eigenvalue weighted by atomic mass is 9.85. The van der Waals surface area contributed by atoms with Crippen LogP contribution in [0.5, 0.6) is 0 Å². The number of aliphatic carboxylic acids is 1. The molecule has 18 heavy (non-hydrogen) atoms. The lowest BCUT2D eigenvalue weighted by Crippen LogP contribution is -2.38. The number of nitrogens with zero attached hydrogens (tertiary/aromatic N) is 1. The van der Waals surface area contributed by atoms with Gasteiger partial charge in [-0.15, -0.1) is 0 Å². The second-order valence-corrected chi connectivity index (χ2v) is 6.55. The van der Waals surface area contributed by atoms with E-state index in [0.29, 0.717) is 18.4 Å². The molecule has 0 aromatic heterocycles. The SMILES string of the molecule is CC(C)(CC(=O)O)CC(=O)N1CCC2CCCC21. The van der Waals surface area contributed by atoms with Crippen molar-refractivity contribution in [3.63, 3.8) is 0 Å². The van der Waals surface area contributed by atoms with Crippen LogP contribution in [0, 0.1) is 11.3 Å². The molecule has 1 N–H and O–H groups in total. The minimum atomic E-state index is -0.826. The second kappa shape index (κ2) is 4.90. The molecule has 2 rings (SSSR count). The maximum Gasteiger partial charge on any atom is 0.303 e. The molecule has 2 fully saturated rings. The van der Waals surface area contributed by atoms with Crippen LogP contribution in [0.15, 0.2) is 0 Å². The van der Waals surface area contributed by atoms with E-state index in [1.165, 1.54) is 12.8 Å². The van der Waals surface area contributed by atoms with Gasteiger partial charge in [0.05, 0.1) is 6.42 Å². The summed E-state index contributed by atoms with van der Waals surface area (Å²) in [5, 5.41) is 8.85. The van der Waals surface area contributed by atoms with Gasteiger partial charge < -0.3 is 10.0 Å². The first-order valence-electron chi connectivity index (χ1n) is 6.90. The molecule has 0 spiro atoms. The lowest BCUT2D eigenvalue weighted by molar-refractivity contribution is -0.141. The van der Waals surface area contributed by atoms with E-state index in [4.69, 9.17) is 5.11 Å². The van der Waals surface area contributed by atoms with Gasteiger partial charge in [0.2, 0.25) is 5.91 Å². The fourth-order valence-corrected chi connectivity index (χ4v) is 3.53. The minimum Gasteiger partial charge on any atom is -0.481 e. The van der Waals surface area contributed by atoms with E-state index < -0.39 is 11.4 Å². The van der Waals surface area contributed by atoms with Crippen molar-refractivity contribution in [3.05, 3.63) is 0 Å². The van der Waals surface area contributed by atoms with E-state index in [0.717, 1.165) is 19.4 Å². The minimum absolute atomic E-state index is 0.0562. The largest absolute Gasteiger partial charge is 0.481 e. The Morgan fingerprint density at radius 2 is 1.94 bits per heavy atom. The van der Waals surface area contributed by atoms with Crippen molar-refractivity contribution < 1.29 is 14.7 Å². The zero-order chi connectivity index (χ0) is 13.3. The highest BCUT2D eigenvalue weighted by Gasteiger charge is 2.40. The third-order valence-corrected chi connectivity index (χ3v) is 4.34. The van der Waals surface area contributed by atoms with Gasteiger partial charge in [-0.25, -0.2) is 0 Å². The maximum absolute atomic E-state index is 12.3. The van der Waals surface area contributed by atoms with Crippen LogP contribution in [-0.4, -0.2) is 34.5 Å². The molecular weight excluding hydrogens is 230 g/mol. The molecule has 1 aliphatic carbocycles. The van der Waals surface area contributed by atoms with Gasteiger partial charge in [0, 0.05) is 19.0 Å². The van der Waals surface area contributed by atoms with Gasteiger partial charge in [0.1, 0.15) is 0 Å². The van der Waals surface area contributed by atoms with Gasteiger partial charge in [0.25, 0.3) is 0 Å². The molecule has 0 aromatic carbocycles. The standard InChI is InChI=1S/C14H23NO3/c1-14(2,9-13(17)18)8-12(16)15-7-6-10-4-3-5-11(10)15/h10-11H,3-9H2,1-2H3,(H,17,18). The summed E-state index contributed by atoms with van der Waals surface area (Å²) in [7, 11) is 0. The number of hydrogen-bond acceptors (Lipinski definition) is 2. The molecule has 0 aromatic rings. The number of carboxylic acid groups (broad SMARTS) is 1. The van der Waals surface area contributed by atoms with Crippen LogP contribution in [-0.2, 0) is 9.59 Å². The van der Waals surface area contributed by atoms with Crippen LogP contribution in [0.4, 0.5) is 0 Å². The summed E-state index contributed by atoms with van der Waals surface area (Å²) in [6, 6.07) is 0.443. The van der Waals surface area contributed by atoms with Gasteiger partial charge in [0.15, 0.2) is 0 Å². The monoisotopic (exact) mass is 253 g/mol. The summed E-state index contributed by atoms with van der Waals surface area (Å²) in [4.78, 5) is 25.1. The molecule has 2 unspecified atom stereocenters. The number of carbonyl (C=O) groups is 2. The lowest BCUT2D eigenvalue weighted by Gasteiger charge is -2.29. The summed E-state index contributed by atoms with van der Waals surface area (Å²) in [6.45, 7) is 4.60. The smallest absolute Gasteiger partial charge is 0.303 e. The Kier molecular flexibility index (Phi) is 3.64. The Hall–Kier alpha value is -1.06. The number of amides is 1. The molecule has 1 aliphatic heterocycles. The predicted octanol–water partition coefficient (Wildman–Crippen LogP) is 2.28. The third kappa shape index (κ3) is 2.85. The van der Waals surface area contributed by atoms with Crippen LogP contribution in [0.3, 0.4) is 0 Å². The van der Waals surface area contributed by atoms with E-state index in [1.54, 1.807) is 0 Å². The fraction of sp³-hybridized carbons (Fsp3) is 0.857. The summed E-state index contributed by atoms with van der Waals surface area (Å²) in [5.41, 5.74) is -0.445. The van der Waals surface area contributed by atoms with E-state index in [9.17, 15) is 9.59 Å². The average molecular weight is 253 g/mol. The summed E-state index contributed by atoms with van der Waals surface area (Å²) < 4.78 is 0. The fourth-order valence-electron chi connectivity index (χ4n) is 3.53. The molecule has 4 nitrogen and oxygen atoms in total. The maximum atomic E-state index is 12.3. The van der Waals surface area contributed by atoms with Crippen LogP contribution >= 0.6 is 0 Å². The first kappa shape index (κ1) is 13.4. The molecule has 1 heterocycles. The second-order valence-electron chi connectivity index (χ2n) is 6.55. The highest BCUT2D eigenvalue weighted by Crippen LogP contribution is 2.39. The van der Waals surface area contributed by atoms with Crippen LogP contribution in [0.2, 0.25) is 0 Å². The van der Waals surface area contributed by atoms with Gasteiger partial charge in [-0.1, -0.05) is 20.3 Å². The van der Waals surface area contributed by atoms with E-state index in [2.05, 4.69) is 0 Å². The Morgan fingerprint density at radius 3 is 2.61 bits per heavy atom. The van der Waals surface area contributed by atoms with Gasteiger partial charge >= 0.3 is 5.97 Å². The van der Waals surface area contributed by atoms with Gasteiger partial charge in [-0.2, -0.15) is 0 Å². The highest BCUT2D eigenvalue weighted by atomic mass is 16.4. The summed E-state index contributed by atoms with van der Waals surface area (Å²) >= 11 is 0. The van der Waals surface area contributed by atoms with Crippen molar-refractivity contribution in [2.24, 2.45) is 11.3 Å². The predicted molar refractivity (Wildman–Crippen MR) is 68.1 cm³/mol. The number of carboxylic acids is 1. The van der Waals surface area contributed by atoms with Crippen molar-refractivity contribution in [2.45, 2.75) is 58.4 Å². The highest BCUT2D eigenvalue weighted by molar-refractivity contribution is 5.78. The molecule has 102 valence electrons. The number of rotatable bonds is 4.